The number of hydrogen-bond acceptors (Lipinski definition) is 4. The lowest BCUT2D eigenvalue weighted by atomic mass is 9.89. The van der Waals surface area contributed by atoms with Crippen LogP contribution >= 0.6 is 0 Å². The van der Waals surface area contributed by atoms with Gasteiger partial charge in [-0.2, -0.15) is 0 Å². The Labute approximate surface area is 209 Å². The molecule has 0 aliphatic heterocycles. The molecule has 5 aromatic rings. The molecular formula is C30H28N4O2. The lowest BCUT2D eigenvalue weighted by molar-refractivity contribution is 0.385. The molecule has 0 atom stereocenters. The number of allylic oxidation sites excluding steroid dienone is 1. The molecule has 180 valence electrons. The van der Waals surface area contributed by atoms with E-state index in [4.69, 9.17) is 9.51 Å². The van der Waals surface area contributed by atoms with Crippen molar-refractivity contribution in [1.82, 2.24) is 19.7 Å². The number of nitrogens with zero attached hydrogens (tertiary/aromatic N) is 3. The summed E-state index contributed by atoms with van der Waals surface area (Å²) in [6.45, 7) is 4.98. The van der Waals surface area contributed by atoms with E-state index in [0.29, 0.717) is 5.82 Å². The van der Waals surface area contributed by atoms with E-state index >= 15 is 0 Å². The van der Waals surface area contributed by atoms with Gasteiger partial charge < -0.3 is 4.57 Å². The van der Waals surface area contributed by atoms with E-state index in [2.05, 4.69) is 82.3 Å². The summed E-state index contributed by atoms with van der Waals surface area (Å²) in [4.78, 5) is 19.3. The van der Waals surface area contributed by atoms with Crippen LogP contribution in [0.3, 0.4) is 0 Å². The first-order valence-corrected chi connectivity index (χ1v) is 12.5. The molecule has 0 bridgehead atoms. The number of rotatable bonds is 5. The van der Waals surface area contributed by atoms with Gasteiger partial charge >= 0.3 is 5.76 Å². The minimum absolute atomic E-state index is 0.468. The lowest BCUT2D eigenvalue weighted by Gasteiger charge is -2.16. The zero-order valence-electron chi connectivity index (χ0n) is 20.5. The van der Waals surface area contributed by atoms with Crippen molar-refractivity contribution in [3.8, 4) is 0 Å². The van der Waals surface area contributed by atoms with Crippen molar-refractivity contribution in [1.29, 1.82) is 0 Å². The first-order valence-electron chi connectivity index (χ1n) is 12.5. The van der Waals surface area contributed by atoms with Crippen molar-refractivity contribution >= 4 is 22.2 Å². The molecule has 3 aromatic carbocycles. The second-order valence-electron chi connectivity index (χ2n) is 9.45. The van der Waals surface area contributed by atoms with E-state index in [1.165, 1.54) is 33.3 Å². The molecule has 0 saturated carbocycles. The monoisotopic (exact) mass is 476 g/mol. The topological polar surface area (TPSA) is 76.7 Å². The molecule has 0 saturated heterocycles. The van der Waals surface area contributed by atoms with Gasteiger partial charge in [0.1, 0.15) is 5.82 Å². The molecule has 1 aliphatic rings. The Kier molecular flexibility index (Phi) is 5.64. The minimum atomic E-state index is -0.544. The number of aromatic amines is 1. The molecule has 1 aliphatic carbocycles. The highest BCUT2D eigenvalue weighted by molar-refractivity contribution is 5.98. The largest absolute Gasteiger partial charge is 0.439 e. The molecule has 6 heteroatoms. The average molecular weight is 477 g/mol. The van der Waals surface area contributed by atoms with Crippen LogP contribution in [0, 0.1) is 0 Å². The van der Waals surface area contributed by atoms with Gasteiger partial charge in [-0.3, -0.25) is 9.51 Å². The zero-order chi connectivity index (χ0) is 24.6. The van der Waals surface area contributed by atoms with E-state index in [-0.39, 0.29) is 0 Å². The highest BCUT2D eigenvalue weighted by atomic mass is 16.5. The SMILES string of the molecule is CCCc1nc2ccccc2n1Cc1ccc2c(c1)CCc1ccccc1/C2=C(/C)c1noc(=O)[nH]1. The van der Waals surface area contributed by atoms with E-state index in [1.54, 1.807) is 0 Å². The van der Waals surface area contributed by atoms with Crippen LogP contribution in [0.4, 0.5) is 0 Å². The van der Waals surface area contributed by atoms with Crippen molar-refractivity contribution in [3.05, 3.63) is 117 Å². The van der Waals surface area contributed by atoms with Gasteiger partial charge in [-0.05, 0) is 71.7 Å². The number of fused-ring (bicyclic) bond motifs is 3. The fourth-order valence-corrected chi connectivity index (χ4v) is 5.41. The van der Waals surface area contributed by atoms with E-state index in [0.717, 1.165) is 54.7 Å². The van der Waals surface area contributed by atoms with Gasteiger partial charge in [0.25, 0.3) is 0 Å². The number of hydrogen-bond donors (Lipinski definition) is 1. The number of para-hydroxylation sites is 2. The maximum atomic E-state index is 11.7. The van der Waals surface area contributed by atoms with Crippen LogP contribution in [-0.2, 0) is 25.8 Å². The van der Waals surface area contributed by atoms with E-state index in [1.807, 2.05) is 13.0 Å². The summed E-state index contributed by atoms with van der Waals surface area (Å²) < 4.78 is 7.18. The number of benzene rings is 3. The summed E-state index contributed by atoms with van der Waals surface area (Å²) in [5.74, 6) is 1.06. The smallest absolute Gasteiger partial charge is 0.323 e. The Morgan fingerprint density at radius 2 is 1.78 bits per heavy atom. The normalized spacial score (nSPS) is 14.4. The standard InChI is InChI=1S/C30H28N4O2/c1-3-8-27-31-25-11-6-7-12-26(25)34(27)18-20-13-16-24-22(17-20)15-14-21-9-4-5-10-23(21)28(24)19(2)29-32-30(35)36-33-29/h4-7,9-13,16-17H,3,8,14-15,18H2,1-2H3,(H,32,33,35)/b28-19+. The Morgan fingerprint density at radius 1 is 1.00 bits per heavy atom. The van der Waals surface area contributed by atoms with Crippen molar-refractivity contribution in [2.24, 2.45) is 0 Å². The number of aryl methyl sites for hydroxylation is 3. The first-order chi connectivity index (χ1) is 17.6. The highest BCUT2D eigenvalue weighted by Crippen LogP contribution is 2.38. The molecule has 0 spiro atoms. The van der Waals surface area contributed by atoms with Gasteiger partial charge in [-0.1, -0.05) is 66.7 Å². The second kappa shape index (κ2) is 9.11. The molecule has 0 unspecified atom stereocenters. The predicted molar refractivity (Wildman–Crippen MR) is 142 cm³/mol. The predicted octanol–water partition coefficient (Wildman–Crippen LogP) is 5.79. The van der Waals surface area contributed by atoms with Crippen LogP contribution in [0.2, 0.25) is 0 Å². The van der Waals surface area contributed by atoms with Crippen LogP contribution < -0.4 is 5.76 Å². The van der Waals surface area contributed by atoms with Gasteiger partial charge in [0.05, 0.1) is 11.0 Å². The molecule has 2 heterocycles. The Hall–Kier alpha value is -4.19. The molecule has 36 heavy (non-hydrogen) atoms. The summed E-state index contributed by atoms with van der Waals surface area (Å²) in [7, 11) is 0. The van der Waals surface area contributed by atoms with Crippen LogP contribution in [0.15, 0.2) is 76.0 Å². The third-order valence-electron chi connectivity index (χ3n) is 7.11. The minimum Gasteiger partial charge on any atom is -0.323 e. The fourth-order valence-electron chi connectivity index (χ4n) is 5.41. The summed E-state index contributed by atoms with van der Waals surface area (Å²) in [6, 6.07) is 23.7. The Bertz CT molecular complexity index is 1670. The molecule has 0 fully saturated rings. The van der Waals surface area contributed by atoms with Gasteiger partial charge in [0.2, 0.25) is 0 Å². The van der Waals surface area contributed by atoms with Crippen molar-refractivity contribution in [2.45, 2.75) is 46.1 Å². The Morgan fingerprint density at radius 3 is 2.61 bits per heavy atom. The average Bonchev–Trinajstić information content (AvgIpc) is 3.43. The first kappa shape index (κ1) is 22.3. The second-order valence-corrected chi connectivity index (χ2v) is 9.45. The third-order valence-corrected chi connectivity index (χ3v) is 7.11. The van der Waals surface area contributed by atoms with Crippen molar-refractivity contribution in [3.63, 3.8) is 0 Å². The van der Waals surface area contributed by atoms with Gasteiger partial charge in [-0.25, -0.2) is 9.78 Å². The van der Waals surface area contributed by atoms with Gasteiger partial charge in [-0.15, -0.1) is 0 Å². The maximum absolute atomic E-state index is 11.7. The van der Waals surface area contributed by atoms with E-state index in [9.17, 15) is 4.79 Å². The highest BCUT2D eigenvalue weighted by Gasteiger charge is 2.22. The fraction of sp³-hybridized carbons (Fsp3) is 0.233. The maximum Gasteiger partial charge on any atom is 0.439 e. The van der Waals surface area contributed by atoms with Crippen LogP contribution in [-0.4, -0.2) is 19.7 Å². The molecule has 0 radical (unpaired) electrons. The zero-order valence-corrected chi connectivity index (χ0v) is 20.5. The number of H-pyrrole nitrogens is 1. The summed E-state index contributed by atoms with van der Waals surface area (Å²) in [6.07, 6.45) is 3.91. The van der Waals surface area contributed by atoms with Gasteiger partial charge in [0, 0.05) is 18.5 Å². The quantitative estimate of drug-likeness (QED) is 0.348. The lowest BCUT2D eigenvalue weighted by Crippen LogP contribution is -2.06. The summed E-state index contributed by atoms with van der Waals surface area (Å²) >= 11 is 0. The number of nitrogens with one attached hydrogen (secondary N) is 1. The summed E-state index contributed by atoms with van der Waals surface area (Å²) in [5.41, 5.74) is 10.4. The van der Waals surface area contributed by atoms with Crippen LogP contribution in [0.1, 0.15) is 59.7 Å². The number of imidazole rings is 1. The molecule has 6 nitrogen and oxygen atoms in total. The van der Waals surface area contributed by atoms with Crippen LogP contribution in [0.5, 0.6) is 0 Å². The van der Waals surface area contributed by atoms with E-state index < -0.39 is 5.76 Å². The van der Waals surface area contributed by atoms with Crippen molar-refractivity contribution < 1.29 is 4.52 Å². The molecular weight excluding hydrogens is 448 g/mol. The summed E-state index contributed by atoms with van der Waals surface area (Å²) in [5, 5.41) is 3.98. The van der Waals surface area contributed by atoms with Crippen LogP contribution in [0.25, 0.3) is 22.2 Å². The molecule has 1 N–H and O–H groups in total. The Balaban J connectivity index is 1.47. The van der Waals surface area contributed by atoms with Crippen molar-refractivity contribution in [2.75, 3.05) is 0 Å². The molecule has 6 rings (SSSR count). The van der Waals surface area contributed by atoms with Gasteiger partial charge in [0.15, 0.2) is 5.82 Å². The number of aromatic nitrogens is 4. The molecule has 2 aromatic heterocycles. The molecule has 0 amide bonds. The third kappa shape index (κ3) is 3.88.